The molecule has 1 aliphatic rings. The van der Waals surface area contributed by atoms with Crippen molar-refractivity contribution in [2.45, 2.75) is 31.7 Å². The minimum atomic E-state index is -0.850. The van der Waals surface area contributed by atoms with E-state index in [0.29, 0.717) is 5.92 Å². The van der Waals surface area contributed by atoms with Crippen molar-refractivity contribution in [1.29, 1.82) is 0 Å². The van der Waals surface area contributed by atoms with Crippen molar-refractivity contribution in [3.05, 3.63) is 61.5 Å². The van der Waals surface area contributed by atoms with Gasteiger partial charge < -0.3 is 5.32 Å². The Morgan fingerprint density at radius 3 is 2.72 bits per heavy atom. The van der Waals surface area contributed by atoms with Gasteiger partial charge in [0, 0.05) is 24.1 Å². The Balaban J connectivity index is 1.80. The lowest BCUT2D eigenvalue weighted by Gasteiger charge is -2.15. The van der Waals surface area contributed by atoms with E-state index in [4.69, 9.17) is 11.6 Å². The van der Waals surface area contributed by atoms with Gasteiger partial charge in [0.25, 0.3) is 11.2 Å². The van der Waals surface area contributed by atoms with Crippen LogP contribution >= 0.6 is 11.6 Å². The molecule has 25 heavy (non-hydrogen) atoms. The predicted molar refractivity (Wildman–Crippen MR) is 91.9 cm³/mol. The molecule has 9 heteroatoms. The van der Waals surface area contributed by atoms with E-state index in [1.165, 1.54) is 18.2 Å². The standard InChI is InChI=1S/C16H15ClN4O4/c1-9(20-15(22)7-6-13(19-20)10-2-3-10)16(23)18-14-5-4-11(21(24)25)8-12(14)17/h4-10H,2-3H2,1H3,(H,18,23). The number of rotatable bonds is 5. The van der Waals surface area contributed by atoms with Gasteiger partial charge in [-0.3, -0.25) is 19.7 Å². The van der Waals surface area contributed by atoms with Crippen LogP contribution in [0.4, 0.5) is 11.4 Å². The zero-order valence-electron chi connectivity index (χ0n) is 13.3. The van der Waals surface area contributed by atoms with Crippen molar-refractivity contribution >= 4 is 28.9 Å². The molecule has 1 N–H and O–H groups in total. The summed E-state index contributed by atoms with van der Waals surface area (Å²) >= 11 is 5.97. The van der Waals surface area contributed by atoms with Gasteiger partial charge in [0.15, 0.2) is 0 Å². The number of halogens is 1. The Bertz CT molecular complexity index is 907. The number of carbonyl (C=O) groups is 1. The monoisotopic (exact) mass is 362 g/mol. The molecule has 1 atom stereocenters. The van der Waals surface area contributed by atoms with E-state index in [2.05, 4.69) is 10.4 Å². The molecule has 3 rings (SSSR count). The zero-order valence-corrected chi connectivity index (χ0v) is 14.1. The molecule has 0 saturated heterocycles. The first-order chi connectivity index (χ1) is 11.9. The van der Waals surface area contributed by atoms with E-state index in [1.807, 2.05) is 0 Å². The van der Waals surface area contributed by atoms with Gasteiger partial charge in [0.2, 0.25) is 5.91 Å². The Morgan fingerprint density at radius 2 is 2.12 bits per heavy atom. The van der Waals surface area contributed by atoms with Crippen LogP contribution in [0.25, 0.3) is 0 Å². The van der Waals surface area contributed by atoms with E-state index in [9.17, 15) is 19.7 Å². The summed E-state index contributed by atoms with van der Waals surface area (Å²) in [6.07, 6.45) is 2.06. The number of hydrogen-bond acceptors (Lipinski definition) is 5. The fraction of sp³-hybridized carbons (Fsp3) is 0.312. The van der Waals surface area contributed by atoms with Crippen LogP contribution in [-0.2, 0) is 4.79 Å². The Hall–Kier alpha value is -2.74. The van der Waals surface area contributed by atoms with Crippen molar-refractivity contribution in [3.8, 4) is 0 Å². The number of nitro benzene ring substituents is 1. The highest BCUT2D eigenvalue weighted by molar-refractivity contribution is 6.34. The van der Waals surface area contributed by atoms with Gasteiger partial charge in [-0.05, 0) is 31.9 Å². The molecule has 1 aromatic heterocycles. The topological polar surface area (TPSA) is 107 Å². The SMILES string of the molecule is CC(C(=O)Nc1ccc([N+](=O)[O-])cc1Cl)n1nc(C2CC2)ccc1=O. The second-order valence-corrected chi connectivity index (χ2v) is 6.31. The van der Waals surface area contributed by atoms with E-state index < -0.39 is 16.9 Å². The van der Waals surface area contributed by atoms with Crippen LogP contribution in [0.3, 0.4) is 0 Å². The van der Waals surface area contributed by atoms with E-state index in [0.717, 1.165) is 29.3 Å². The van der Waals surface area contributed by atoms with Crippen molar-refractivity contribution in [2.75, 3.05) is 5.32 Å². The molecule has 0 spiro atoms. The van der Waals surface area contributed by atoms with Crippen LogP contribution < -0.4 is 10.9 Å². The first-order valence-corrected chi connectivity index (χ1v) is 8.09. The second-order valence-electron chi connectivity index (χ2n) is 5.90. The number of nitro groups is 1. The lowest BCUT2D eigenvalue weighted by atomic mass is 10.2. The number of nitrogens with one attached hydrogen (secondary N) is 1. The first kappa shape index (κ1) is 17.1. The Morgan fingerprint density at radius 1 is 1.40 bits per heavy atom. The van der Waals surface area contributed by atoms with Gasteiger partial charge in [0.05, 0.1) is 21.3 Å². The summed E-state index contributed by atoms with van der Waals surface area (Å²) in [5.41, 5.74) is 0.482. The third-order valence-electron chi connectivity index (χ3n) is 4.01. The quantitative estimate of drug-likeness (QED) is 0.650. The summed E-state index contributed by atoms with van der Waals surface area (Å²) in [6, 6.07) is 5.99. The minimum Gasteiger partial charge on any atom is -0.323 e. The molecule has 1 amide bonds. The molecule has 0 radical (unpaired) electrons. The molecule has 1 aromatic carbocycles. The molecule has 1 unspecified atom stereocenters. The van der Waals surface area contributed by atoms with E-state index in [-0.39, 0.29) is 22.0 Å². The van der Waals surface area contributed by atoms with Crippen LogP contribution in [0.2, 0.25) is 5.02 Å². The fourth-order valence-electron chi connectivity index (χ4n) is 2.38. The fourth-order valence-corrected chi connectivity index (χ4v) is 2.60. The van der Waals surface area contributed by atoms with Crippen molar-refractivity contribution in [3.63, 3.8) is 0 Å². The van der Waals surface area contributed by atoms with Crippen LogP contribution in [0, 0.1) is 10.1 Å². The molecular formula is C16H15ClN4O4. The summed E-state index contributed by atoms with van der Waals surface area (Å²) < 4.78 is 1.14. The van der Waals surface area contributed by atoms with Crippen LogP contribution in [0.5, 0.6) is 0 Å². The summed E-state index contributed by atoms with van der Waals surface area (Å²) in [5.74, 6) is -0.135. The number of benzene rings is 1. The van der Waals surface area contributed by atoms with Gasteiger partial charge in [-0.2, -0.15) is 5.10 Å². The van der Waals surface area contributed by atoms with E-state index >= 15 is 0 Å². The molecule has 1 saturated carbocycles. The summed E-state index contributed by atoms with van der Waals surface area (Å²) in [4.78, 5) is 34.6. The second kappa shape index (κ2) is 6.64. The number of carbonyl (C=O) groups excluding carboxylic acids is 1. The highest BCUT2D eigenvalue weighted by Crippen LogP contribution is 2.38. The number of anilines is 1. The lowest BCUT2D eigenvalue weighted by molar-refractivity contribution is -0.384. The molecule has 1 heterocycles. The van der Waals surface area contributed by atoms with Crippen LogP contribution in [-0.4, -0.2) is 20.6 Å². The maximum atomic E-state index is 12.4. The maximum absolute atomic E-state index is 12.4. The summed E-state index contributed by atoms with van der Waals surface area (Å²) in [7, 11) is 0. The highest BCUT2D eigenvalue weighted by Gasteiger charge is 2.27. The van der Waals surface area contributed by atoms with Gasteiger partial charge in [-0.15, -0.1) is 0 Å². The zero-order chi connectivity index (χ0) is 18.1. The molecule has 130 valence electrons. The van der Waals surface area contributed by atoms with Crippen molar-refractivity contribution in [2.24, 2.45) is 0 Å². The molecule has 1 aliphatic carbocycles. The molecule has 1 fully saturated rings. The Kier molecular flexibility index (Phi) is 4.54. The van der Waals surface area contributed by atoms with Crippen molar-refractivity contribution in [1.82, 2.24) is 9.78 Å². The molecule has 8 nitrogen and oxygen atoms in total. The molecular weight excluding hydrogens is 348 g/mol. The Labute approximate surface area is 147 Å². The van der Waals surface area contributed by atoms with Gasteiger partial charge in [-0.1, -0.05) is 11.6 Å². The van der Waals surface area contributed by atoms with Crippen LogP contribution in [0.1, 0.15) is 37.4 Å². The number of non-ortho nitro benzene ring substituents is 1. The third kappa shape index (κ3) is 3.69. The maximum Gasteiger partial charge on any atom is 0.271 e. The normalized spacial score (nSPS) is 14.8. The van der Waals surface area contributed by atoms with Crippen LogP contribution in [0.15, 0.2) is 35.1 Å². The highest BCUT2D eigenvalue weighted by atomic mass is 35.5. The number of hydrogen-bond donors (Lipinski definition) is 1. The number of aromatic nitrogens is 2. The average molecular weight is 363 g/mol. The molecule has 0 aliphatic heterocycles. The third-order valence-corrected chi connectivity index (χ3v) is 4.32. The summed E-state index contributed by atoms with van der Waals surface area (Å²) in [6.45, 7) is 1.56. The minimum absolute atomic E-state index is 0.0433. The van der Waals surface area contributed by atoms with Gasteiger partial charge in [0.1, 0.15) is 6.04 Å². The molecule has 0 bridgehead atoms. The lowest BCUT2D eigenvalue weighted by Crippen LogP contribution is -2.33. The predicted octanol–water partition coefficient (Wildman–Crippen LogP) is 2.88. The van der Waals surface area contributed by atoms with E-state index in [1.54, 1.807) is 13.0 Å². The largest absolute Gasteiger partial charge is 0.323 e. The van der Waals surface area contributed by atoms with Gasteiger partial charge >= 0.3 is 0 Å². The first-order valence-electron chi connectivity index (χ1n) is 7.71. The average Bonchev–Trinajstić information content (AvgIpc) is 3.41. The molecule has 2 aromatic rings. The smallest absolute Gasteiger partial charge is 0.271 e. The summed E-state index contributed by atoms with van der Waals surface area (Å²) in [5, 5.41) is 17.6. The van der Waals surface area contributed by atoms with Crippen molar-refractivity contribution < 1.29 is 9.72 Å². The number of amides is 1. The van der Waals surface area contributed by atoms with Gasteiger partial charge in [-0.25, -0.2) is 4.68 Å². The number of nitrogens with zero attached hydrogens (tertiary/aromatic N) is 3.